The van der Waals surface area contributed by atoms with Gasteiger partial charge in [0.2, 0.25) is 0 Å². The first-order valence-corrected chi connectivity index (χ1v) is 11.0. The molecule has 0 N–H and O–H groups in total. The van der Waals surface area contributed by atoms with Crippen LogP contribution in [0, 0.1) is 6.92 Å². The van der Waals surface area contributed by atoms with Gasteiger partial charge in [0.15, 0.2) is 5.11 Å². The highest BCUT2D eigenvalue weighted by Gasteiger charge is 2.51. The molecule has 146 valence electrons. The van der Waals surface area contributed by atoms with Crippen LogP contribution < -0.4 is 4.90 Å². The molecule has 2 aromatic carbocycles. The zero-order valence-electron chi connectivity index (χ0n) is 15.9. The number of thiocarbonyl (C=S) groups is 1. The van der Waals surface area contributed by atoms with E-state index in [0.29, 0.717) is 11.7 Å². The number of nitrogens with zero attached hydrogens (tertiary/aromatic N) is 4. The molecule has 0 aliphatic carbocycles. The molecule has 1 aromatic heterocycles. The monoisotopic (exact) mass is 420 g/mol. The van der Waals surface area contributed by atoms with E-state index in [2.05, 4.69) is 53.3 Å². The van der Waals surface area contributed by atoms with Crippen molar-refractivity contribution in [3.63, 3.8) is 0 Å². The Morgan fingerprint density at radius 1 is 1.14 bits per heavy atom. The molecule has 5 rings (SSSR count). The first-order chi connectivity index (χ1) is 14.1. The third kappa shape index (κ3) is 3.24. The minimum atomic E-state index is -0.212. The van der Waals surface area contributed by atoms with Crippen LogP contribution in [0.4, 0.5) is 5.69 Å². The smallest absolute Gasteiger partial charge is 0.257 e. The van der Waals surface area contributed by atoms with Crippen molar-refractivity contribution in [2.24, 2.45) is 0 Å². The van der Waals surface area contributed by atoms with Gasteiger partial charge in [-0.1, -0.05) is 60.2 Å². The minimum absolute atomic E-state index is 0.0383. The first-order valence-electron chi connectivity index (χ1n) is 9.52. The molecule has 2 aliphatic heterocycles. The second-order valence-corrected chi connectivity index (χ2v) is 8.84. The summed E-state index contributed by atoms with van der Waals surface area (Å²) in [6, 6.07) is 18.4. The summed E-state index contributed by atoms with van der Waals surface area (Å²) < 4.78 is 1.84. The van der Waals surface area contributed by atoms with E-state index in [9.17, 15) is 4.79 Å². The van der Waals surface area contributed by atoms with E-state index in [1.54, 1.807) is 22.9 Å². The molecule has 0 bridgehead atoms. The second-order valence-electron chi connectivity index (χ2n) is 7.36. The molecule has 2 saturated heterocycles. The van der Waals surface area contributed by atoms with Crippen LogP contribution in [0.2, 0.25) is 0 Å². The Morgan fingerprint density at radius 2 is 1.90 bits per heavy atom. The molecule has 7 heteroatoms. The Labute approximate surface area is 179 Å². The lowest BCUT2D eigenvalue weighted by atomic mass is 10.1. The summed E-state index contributed by atoms with van der Waals surface area (Å²) in [5, 5.41) is 5.08. The Morgan fingerprint density at radius 3 is 2.66 bits per heavy atom. The number of aromatic nitrogens is 2. The molecule has 29 heavy (non-hydrogen) atoms. The number of anilines is 1. The summed E-state index contributed by atoms with van der Waals surface area (Å²) in [5.74, 6) is 0.781. The molecule has 0 unspecified atom stereocenters. The fourth-order valence-corrected chi connectivity index (χ4v) is 5.76. The van der Waals surface area contributed by atoms with Crippen molar-refractivity contribution in [3.8, 4) is 0 Å². The normalized spacial score (nSPS) is 21.1. The molecule has 2 aliphatic rings. The molecular weight excluding hydrogens is 400 g/mol. The lowest BCUT2D eigenvalue weighted by Gasteiger charge is -2.25. The summed E-state index contributed by atoms with van der Waals surface area (Å²) in [5.41, 5.74) is 4.30. The topological polar surface area (TPSA) is 41.4 Å². The van der Waals surface area contributed by atoms with Crippen molar-refractivity contribution < 1.29 is 4.79 Å². The molecule has 0 saturated carbocycles. The van der Waals surface area contributed by atoms with E-state index in [1.807, 2.05) is 29.1 Å². The van der Waals surface area contributed by atoms with Crippen LogP contribution in [-0.4, -0.2) is 37.5 Å². The van der Waals surface area contributed by atoms with Gasteiger partial charge in [-0.15, -0.1) is 11.8 Å². The second kappa shape index (κ2) is 7.31. The van der Waals surface area contributed by atoms with Gasteiger partial charge in [0, 0.05) is 11.9 Å². The fourth-order valence-electron chi connectivity index (χ4n) is 3.84. The van der Waals surface area contributed by atoms with Crippen LogP contribution >= 0.6 is 24.0 Å². The highest BCUT2D eigenvalue weighted by atomic mass is 32.2. The largest absolute Gasteiger partial charge is 0.319 e. The van der Waals surface area contributed by atoms with Crippen molar-refractivity contribution in [2.75, 3.05) is 10.7 Å². The number of thioether (sulfide) groups is 1. The van der Waals surface area contributed by atoms with E-state index in [1.165, 1.54) is 11.1 Å². The van der Waals surface area contributed by atoms with Crippen molar-refractivity contribution in [1.82, 2.24) is 14.7 Å². The number of rotatable bonds is 4. The van der Waals surface area contributed by atoms with Gasteiger partial charge in [-0.05, 0) is 30.3 Å². The van der Waals surface area contributed by atoms with Crippen molar-refractivity contribution in [3.05, 3.63) is 83.7 Å². The zero-order valence-corrected chi connectivity index (χ0v) is 17.6. The van der Waals surface area contributed by atoms with Gasteiger partial charge in [0.1, 0.15) is 11.4 Å². The molecule has 0 radical (unpaired) electrons. The standard InChI is InChI=1S/C22H20N4OS2/c1-15-7-9-17(10-8-15)21-26-19(14-29-21)20(27)25(22(26)28)18-11-23-24(13-18)12-16-5-3-2-4-6-16/h2-11,13,19,21H,12,14H2,1H3/t19-,21-/m1/s1. The molecule has 1 amide bonds. The van der Waals surface area contributed by atoms with E-state index in [-0.39, 0.29) is 17.3 Å². The minimum Gasteiger partial charge on any atom is -0.319 e. The Balaban J connectivity index is 1.39. The van der Waals surface area contributed by atoms with Crippen LogP contribution in [0.3, 0.4) is 0 Å². The van der Waals surface area contributed by atoms with Crippen LogP contribution in [0.1, 0.15) is 22.1 Å². The fraction of sp³-hybridized carbons (Fsp3) is 0.227. The van der Waals surface area contributed by atoms with Crippen LogP contribution in [-0.2, 0) is 11.3 Å². The van der Waals surface area contributed by atoms with Gasteiger partial charge >= 0.3 is 0 Å². The summed E-state index contributed by atoms with van der Waals surface area (Å²) in [7, 11) is 0. The summed E-state index contributed by atoms with van der Waals surface area (Å²) in [4.78, 5) is 16.9. The number of aryl methyl sites for hydroxylation is 1. The Bertz CT molecular complexity index is 1060. The average Bonchev–Trinajstić information content (AvgIpc) is 3.41. The SMILES string of the molecule is Cc1ccc([C@H]2SC[C@@H]3C(=O)N(c4cnn(Cc5ccccc5)c4)C(=S)N32)cc1. The number of hydrogen-bond acceptors (Lipinski definition) is 4. The van der Waals surface area contributed by atoms with Gasteiger partial charge in [-0.25, -0.2) is 0 Å². The van der Waals surface area contributed by atoms with Gasteiger partial charge in [0.05, 0.1) is 18.4 Å². The maximum Gasteiger partial charge on any atom is 0.257 e. The molecule has 5 nitrogen and oxygen atoms in total. The van der Waals surface area contributed by atoms with E-state index in [0.717, 1.165) is 17.0 Å². The highest BCUT2D eigenvalue weighted by molar-refractivity contribution is 7.99. The Kier molecular flexibility index (Phi) is 4.64. The highest BCUT2D eigenvalue weighted by Crippen LogP contribution is 2.46. The van der Waals surface area contributed by atoms with Gasteiger partial charge < -0.3 is 4.90 Å². The van der Waals surface area contributed by atoms with Crippen LogP contribution in [0.25, 0.3) is 0 Å². The summed E-state index contributed by atoms with van der Waals surface area (Å²) >= 11 is 7.53. The predicted octanol–water partition coefficient (Wildman–Crippen LogP) is 3.99. The van der Waals surface area contributed by atoms with E-state index in [4.69, 9.17) is 12.2 Å². The van der Waals surface area contributed by atoms with Crippen LogP contribution in [0.5, 0.6) is 0 Å². The lowest BCUT2D eigenvalue weighted by molar-refractivity contribution is -0.119. The predicted molar refractivity (Wildman–Crippen MR) is 120 cm³/mol. The van der Waals surface area contributed by atoms with E-state index >= 15 is 0 Å². The maximum atomic E-state index is 13.1. The Hall–Kier alpha value is -2.64. The molecule has 2 fully saturated rings. The number of benzene rings is 2. The molecule has 3 heterocycles. The van der Waals surface area contributed by atoms with Crippen molar-refractivity contribution in [2.45, 2.75) is 24.9 Å². The number of carbonyl (C=O) groups is 1. The summed E-state index contributed by atoms with van der Waals surface area (Å²) in [6.45, 7) is 2.73. The molecular formula is C22H20N4OS2. The maximum absolute atomic E-state index is 13.1. The average molecular weight is 421 g/mol. The molecule has 3 aromatic rings. The zero-order chi connectivity index (χ0) is 20.0. The third-order valence-electron chi connectivity index (χ3n) is 5.35. The quantitative estimate of drug-likeness (QED) is 0.597. The number of hydrogen-bond donors (Lipinski definition) is 0. The molecule has 2 atom stereocenters. The first kappa shape index (κ1) is 18.4. The molecule has 0 spiro atoms. The van der Waals surface area contributed by atoms with E-state index < -0.39 is 0 Å². The van der Waals surface area contributed by atoms with Gasteiger partial charge in [-0.3, -0.25) is 14.4 Å². The van der Waals surface area contributed by atoms with Crippen molar-refractivity contribution >= 4 is 40.7 Å². The lowest BCUT2D eigenvalue weighted by Crippen LogP contribution is -2.33. The van der Waals surface area contributed by atoms with Gasteiger partial charge in [0.25, 0.3) is 5.91 Å². The summed E-state index contributed by atoms with van der Waals surface area (Å²) in [6.07, 6.45) is 3.62. The van der Waals surface area contributed by atoms with Crippen LogP contribution in [0.15, 0.2) is 67.0 Å². The number of amides is 1. The van der Waals surface area contributed by atoms with Crippen molar-refractivity contribution in [1.29, 1.82) is 0 Å². The number of carbonyl (C=O) groups excluding carboxylic acids is 1. The number of fused-ring (bicyclic) bond motifs is 1. The third-order valence-corrected chi connectivity index (χ3v) is 7.06. The van der Waals surface area contributed by atoms with Gasteiger partial charge in [-0.2, -0.15) is 5.10 Å².